The molecule has 352 valence electrons. The number of rotatable bonds is 11. The van der Waals surface area contributed by atoms with Crippen molar-refractivity contribution >= 4 is 49.7 Å². The smallest absolute Gasteiger partial charge is 0.235 e. The highest BCUT2D eigenvalue weighted by Crippen LogP contribution is 2.39. The van der Waals surface area contributed by atoms with Crippen molar-refractivity contribution in [2.75, 3.05) is 51.1 Å². The van der Waals surface area contributed by atoms with Gasteiger partial charge in [-0.3, -0.25) is 19.6 Å². The third-order valence-electron chi connectivity index (χ3n) is 15.3. The van der Waals surface area contributed by atoms with Crippen molar-refractivity contribution in [1.82, 2.24) is 48.7 Å². The Kier molecular flexibility index (Phi) is 12.2. The van der Waals surface area contributed by atoms with E-state index < -0.39 is 27.6 Å². The van der Waals surface area contributed by atoms with Crippen LogP contribution in [0.25, 0.3) is 33.2 Å². The molecule has 18 heteroatoms. The van der Waals surface area contributed by atoms with Gasteiger partial charge in [-0.15, -0.1) is 0 Å². The number of halogens is 2. The molecule has 10 rings (SSSR count). The molecule has 1 unspecified atom stereocenters. The molecule has 0 bridgehead atoms. The van der Waals surface area contributed by atoms with Gasteiger partial charge in [0.1, 0.15) is 17.0 Å². The molecule has 0 radical (unpaired) electrons. The summed E-state index contributed by atoms with van der Waals surface area (Å²) in [6.07, 6.45) is 8.94. The fourth-order valence-electron chi connectivity index (χ4n) is 11.6. The van der Waals surface area contributed by atoms with Crippen molar-refractivity contribution < 1.29 is 26.8 Å². The lowest BCUT2D eigenvalue weighted by atomic mass is 9.77. The van der Waals surface area contributed by atoms with Gasteiger partial charge in [0.25, 0.3) is 0 Å². The molecule has 2 amide bonds. The van der Waals surface area contributed by atoms with E-state index in [0.717, 1.165) is 68.4 Å². The van der Waals surface area contributed by atoms with Crippen LogP contribution >= 0.6 is 0 Å². The molecular weight excluding hydrogens is 865 g/mol. The van der Waals surface area contributed by atoms with Crippen LogP contribution in [-0.4, -0.2) is 127 Å². The Bertz CT molecular complexity index is 2760. The van der Waals surface area contributed by atoms with Crippen molar-refractivity contribution in [3.63, 3.8) is 0 Å². The summed E-state index contributed by atoms with van der Waals surface area (Å²) in [6.45, 7) is 11.4. The molecule has 0 spiro atoms. The number of hydrogen-bond acceptors (Lipinski definition) is 11. The van der Waals surface area contributed by atoms with Gasteiger partial charge in [0, 0.05) is 62.2 Å². The van der Waals surface area contributed by atoms with Crippen LogP contribution in [0, 0.1) is 24.5 Å². The number of amides is 2. The number of piperidine rings is 4. The van der Waals surface area contributed by atoms with E-state index in [1.165, 1.54) is 24.5 Å². The highest BCUT2D eigenvalue weighted by molar-refractivity contribution is 7.89. The Morgan fingerprint density at radius 2 is 1.62 bits per heavy atom. The zero-order chi connectivity index (χ0) is 46.0. The van der Waals surface area contributed by atoms with Gasteiger partial charge in [-0.2, -0.15) is 5.10 Å². The number of anilines is 1. The first-order chi connectivity index (χ1) is 31.7. The van der Waals surface area contributed by atoms with Crippen LogP contribution in [0.15, 0.2) is 36.5 Å². The predicted molar refractivity (Wildman–Crippen MR) is 248 cm³/mol. The van der Waals surface area contributed by atoms with Crippen LogP contribution in [0.2, 0.25) is 0 Å². The second-order valence-corrected chi connectivity index (χ2v) is 22.0. The largest absolute Gasteiger partial charge is 0.351 e. The van der Waals surface area contributed by atoms with Gasteiger partial charge in [0.15, 0.2) is 11.6 Å². The molecule has 3 aromatic heterocycles. The zero-order valence-corrected chi connectivity index (χ0v) is 39.2. The number of nitrogens with zero attached hydrogens (tertiary/aromatic N) is 9. The summed E-state index contributed by atoms with van der Waals surface area (Å²) in [6, 6.07) is 10.1. The first kappa shape index (κ1) is 44.9. The van der Waals surface area contributed by atoms with Gasteiger partial charge in [0.05, 0.1) is 34.1 Å². The normalized spacial score (nSPS) is 23.8. The Morgan fingerprint density at radius 3 is 2.33 bits per heavy atom. The molecule has 1 atom stereocenters. The summed E-state index contributed by atoms with van der Waals surface area (Å²) in [7, 11) is -1.53. The number of likely N-dealkylation sites (tertiary alicyclic amines) is 2. The van der Waals surface area contributed by atoms with E-state index in [0.29, 0.717) is 86.4 Å². The monoisotopic (exact) mass is 925 g/mol. The second-order valence-electron chi connectivity index (χ2n) is 19.8. The summed E-state index contributed by atoms with van der Waals surface area (Å²) >= 11 is 0. The quantitative estimate of drug-likeness (QED) is 0.141. The molecule has 4 saturated heterocycles. The minimum atomic E-state index is -3.45. The molecule has 1 saturated carbocycles. The SMILES string of the molecule is Cc1nc2c(F)cc(-c3nc(NC4CCN(S(=O)(=O)C5CCN(CC6CC(N7CCC(c8ccc9c(C%10CCC(=O)NC%10=O)nn(C)c9c8)CC7)C6)CC5)CC4)ncc3F)cc2n1C(C)C. The van der Waals surface area contributed by atoms with E-state index in [2.05, 4.69) is 53.6 Å². The number of aromatic nitrogens is 6. The van der Waals surface area contributed by atoms with Gasteiger partial charge < -0.3 is 19.7 Å². The maximum atomic E-state index is 15.2. The van der Waals surface area contributed by atoms with Crippen molar-refractivity contribution in [3.8, 4) is 11.3 Å². The number of sulfonamides is 1. The third kappa shape index (κ3) is 8.62. The standard InChI is InChI=1S/C48H61F2N11O4S/c1-28(2)61-29(3)52-46-39(49)23-33(25-42(46)61)44-40(50)26-51-48(55-44)53-34-11-19-60(20-12-34)66(64,65)36-13-15-58(16-14-36)27-30-21-35(22-30)59-17-9-31(10-18-59)32-5-6-37-41(24-32)57(4)56-45(37)38-7-8-43(62)54-47(38)63/h5-6,23-26,28,30-31,34-36,38H,7-22,27H2,1-4H3,(H,51,53,55)(H,54,62,63). The van der Waals surface area contributed by atoms with E-state index in [-0.39, 0.29) is 46.3 Å². The maximum Gasteiger partial charge on any atom is 0.235 e. The maximum absolute atomic E-state index is 15.2. The molecule has 5 aromatic rings. The fourth-order valence-corrected chi connectivity index (χ4v) is 13.6. The average Bonchev–Trinajstić information content (AvgIpc) is 3.81. The summed E-state index contributed by atoms with van der Waals surface area (Å²) in [5, 5.41) is 11.1. The fraction of sp³-hybridized carbons (Fsp3) is 0.583. The van der Waals surface area contributed by atoms with E-state index in [1.54, 1.807) is 10.4 Å². The van der Waals surface area contributed by atoms with Crippen molar-refractivity contribution in [3.05, 3.63) is 65.2 Å². The van der Waals surface area contributed by atoms with Gasteiger partial charge >= 0.3 is 0 Å². The summed E-state index contributed by atoms with van der Waals surface area (Å²) < 4.78 is 63.5. The first-order valence-electron chi connectivity index (χ1n) is 23.9. The average molecular weight is 926 g/mol. The van der Waals surface area contributed by atoms with Crippen LogP contribution in [0.5, 0.6) is 0 Å². The number of carbonyl (C=O) groups is 2. The van der Waals surface area contributed by atoms with Crippen molar-refractivity contribution in [2.24, 2.45) is 13.0 Å². The number of fused-ring (bicyclic) bond motifs is 2. The molecule has 4 aliphatic heterocycles. The minimum Gasteiger partial charge on any atom is -0.351 e. The summed E-state index contributed by atoms with van der Waals surface area (Å²) in [5.41, 5.74) is 4.20. The highest BCUT2D eigenvalue weighted by Gasteiger charge is 2.40. The topological polar surface area (TPSA) is 163 Å². The van der Waals surface area contributed by atoms with Gasteiger partial charge in [-0.05, 0) is 140 Å². The van der Waals surface area contributed by atoms with E-state index in [1.807, 2.05) is 37.1 Å². The molecule has 2 aromatic carbocycles. The van der Waals surface area contributed by atoms with E-state index in [4.69, 9.17) is 5.10 Å². The third-order valence-corrected chi connectivity index (χ3v) is 17.7. The molecule has 2 N–H and O–H groups in total. The number of benzene rings is 2. The number of imidazole rings is 1. The molecule has 1 aliphatic carbocycles. The van der Waals surface area contributed by atoms with Crippen molar-refractivity contribution in [1.29, 1.82) is 0 Å². The lowest BCUT2D eigenvalue weighted by Crippen LogP contribution is -2.52. The van der Waals surface area contributed by atoms with Crippen molar-refractivity contribution in [2.45, 2.75) is 120 Å². The number of aryl methyl sites for hydroxylation is 2. The minimum absolute atomic E-state index is 0.00912. The van der Waals surface area contributed by atoms with Crippen LogP contribution in [-0.2, 0) is 26.7 Å². The first-order valence-corrected chi connectivity index (χ1v) is 25.4. The van der Waals surface area contributed by atoms with Gasteiger partial charge in [0.2, 0.25) is 27.8 Å². The zero-order valence-electron chi connectivity index (χ0n) is 38.3. The molecule has 7 heterocycles. The van der Waals surface area contributed by atoms with Crippen LogP contribution < -0.4 is 10.6 Å². The molecule has 5 aliphatic rings. The molecule has 15 nitrogen and oxygen atoms in total. The number of hydrogen-bond donors (Lipinski definition) is 2. The highest BCUT2D eigenvalue weighted by atomic mass is 32.2. The van der Waals surface area contributed by atoms with E-state index >= 15 is 8.78 Å². The Balaban J connectivity index is 0.660. The number of imide groups is 1. The number of carbonyl (C=O) groups excluding carboxylic acids is 2. The van der Waals surface area contributed by atoms with E-state index in [9.17, 15) is 18.0 Å². The Hall–Kier alpha value is -4.91. The predicted octanol–water partition coefficient (Wildman–Crippen LogP) is 6.40. The summed E-state index contributed by atoms with van der Waals surface area (Å²) in [5.74, 6) is -0.0675. The lowest BCUT2D eigenvalue weighted by molar-refractivity contribution is -0.134. The Labute approximate surface area is 384 Å². The molecule has 66 heavy (non-hydrogen) atoms. The molecular formula is C48H61F2N11O4S. The van der Waals surface area contributed by atoms with Gasteiger partial charge in [-0.25, -0.2) is 36.5 Å². The lowest BCUT2D eigenvalue weighted by Gasteiger charge is -2.47. The van der Waals surface area contributed by atoms with Crippen LogP contribution in [0.4, 0.5) is 14.7 Å². The Morgan fingerprint density at radius 1 is 0.879 bits per heavy atom. The van der Waals surface area contributed by atoms with Crippen LogP contribution in [0.3, 0.4) is 0 Å². The molecule has 5 fully saturated rings. The second kappa shape index (κ2) is 18.0. The van der Waals surface area contributed by atoms with Crippen LogP contribution in [0.1, 0.15) is 113 Å². The number of nitrogens with one attached hydrogen (secondary N) is 2. The van der Waals surface area contributed by atoms with Gasteiger partial charge in [-0.1, -0.05) is 12.1 Å². The summed E-state index contributed by atoms with van der Waals surface area (Å²) in [4.78, 5) is 42.5.